The Kier molecular flexibility index (Phi) is 5.41. The van der Waals surface area contributed by atoms with Gasteiger partial charge in [-0.25, -0.2) is 0 Å². The van der Waals surface area contributed by atoms with Crippen LogP contribution in [0.5, 0.6) is 0 Å². The molecule has 0 heterocycles. The standard InChI is InChI=1S/C17H27NO/c1-3-14-9-11-16(12-10-14)18(2)13-17(19)15-7-5-4-6-8-15/h4-8,14,16-17,19H,3,9-13H2,1-2H3/t14?,16?,17-/m0/s1. The lowest BCUT2D eigenvalue weighted by molar-refractivity contribution is 0.0840. The monoisotopic (exact) mass is 261 g/mol. The second-order valence-corrected chi connectivity index (χ2v) is 5.95. The molecule has 2 nitrogen and oxygen atoms in total. The number of hydrogen-bond donors (Lipinski definition) is 1. The van der Waals surface area contributed by atoms with Crippen molar-refractivity contribution < 1.29 is 5.11 Å². The van der Waals surface area contributed by atoms with Gasteiger partial charge in [0.15, 0.2) is 0 Å². The molecule has 0 aromatic heterocycles. The summed E-state index contributed by atoms with van der Waals surface area (Å²) < 4.78 is 0. The zero-order valence-electron chi connectivity index (χ0n) is 12.3. The highest BCUT2D eigenvalue weighted by atomic mass is 16.3. The minimum absolute atomic E-state index is 0.366. The maximum absolute atomic E-state index is 10.3. The average Bonchev–Trinajstić information content (AvgIpc) is 2.48. The van der Waals surface area contributed by atoms with Crippen LogP contribution in [0.15, 0.2) is 30.3 Å². The maximum atomic E-state index is 10.3. The summed E-state index contributed by atoms with van der Waals surface area (Å²) in [4.78, 5) is 2.35. The highest BCUT2D eigenvalue weighted by Gasteiger charge is 2.24. The van der Waals surface area contributed by atoms with Crippen molar-refractivity contribution in [2.45, 2.75) is 51.2 Å². The summed E-state index contributed by atoms with van der Waals surface area (Å²) in [7, 11) is 2.16. The predicted octanol–water partition coefficient (Wildman–Crippen LogP) is 3.62. The third-order valence-corrected chi connectivity index (χ3v) is 4.66. The number of hydrogen-bond acceptors (Lipinski definition) is 2. The van der Waals surface area contributed by atoms with Crippen molar-refractivity contribution in [2.24, 2.45) is 5.92 Å². The van der Waals surface area contributed by atoms with E-state index in [9.17, 15) is 5.11 Å². The Hall–Kier alpha value is -0.860. The minimum atomic E-state index is -0.366. The average molecular weight is 261 g/mol. The molecule has 0 radical (unpaired) electrons. The molecule has 1 aliphatic carbocycles. The van der Waals surface area contributed by atoms with Crippen LogP contribution < -0.4 is 0 Å². The van der Waals surface area contributed by atoms with E-state index in [0.717, 1.165) is 18.0 Å². The van der Waals surface area contributed by atoms with Gasteiger partial charge in [0.1, 0.15) is 0 Å². The lowest BCUT2D eigenvalue weighted by Crippen LogP contribution is -2.37. The van der Waals surface area contributed by atoms with Gasteiger partial charge in [0.2, 0.25) is 0 Å². The second kappa shape index (κ2) is 7.06. The van der Waals surface area contributed by atoms with Crippen molar-refractivity contribution in [3.63, 3.8) is 0 Å². The Morgan fingerprint density at radius 1 is 1.16 bits per heavy atom. The predicted molar refractivity (Wildman–Crippen MR) is 80.1 cm³/mol. The van der Waals surface area contributed by atoms with Crippen molar-refractivity contribution in [1.82, 2.24) is 4.90 Å². The Balaban J connectivity index is 1.83. The fourth-order valence-electron chi connectivity index (χ4n) is 3.20. The van der Waals surface area contributed by atoms with E-state index in [0.29, 0.717) is 6.04 Å². The van der Waals surface area contributed by atoms with Gasteiger partial charge >= 0.3 is 0 Å². The van der Waals surface area contributed by atoms with E-state index in [1.807, 2.05) is 30.3 Å². The normalized spacial score (nSPS) is 25.5. The molecule has 2 rings (SSSR count). The lowest BCUT2D eigenvalue weighted by Gasteiger charge is -2.35. The summed E-state index contributed by atoms with van der Waals surface area (Å²) in [5.74, 6) is 0.934. The third kappa shape index (κ3) is 4.05. The molecule has 1 aromatic rings. The maximum Gasteiger partial charge on any atom is 0.0916 e. The highest BCUT2D eigenvalue weighted by molar-refractivity contribution is 5.17. The molecule has 0 saturated heterocycles. The molecule has 0 spiro atoms. The van der Waals surface area contributed by atoms with Crippen molar-refractivity contribution in [1.29, 1.82) is 0 Å². The highest BCUT2D eigenvalue weighted by Crippen LogP contribution is 2.29. The van der Waals surface area contributed by atoms with E-state index >= 15 is 0 Å². The van der Waals surface area contributed by atoms with E-state index in [1.165, 1.54) is 32.1 Å². The van der Waals surface area contributed by atoms with Gasteiger partial charge in [0, 0.05) is 12.6 Å². The number of rotatable bonds is 5. The number of nitrogens with zero attached hydrogens (tertiary/aromatic N) is 1. The number of benzene rings is 1. The van der Waals surface area contributed by atoms with Gasteiger partial charge in [-0.15, -0.1) is 0 Å². The second-order valence-electron chi connectivity index (χ2n) is 5.95. The topological polar surface area (TPSA) is 23.5 Å². The molecule has 2 heteroatoms. The molecular weight excluding hydrogens is 234 g/mol. The fourth-order valence-corrected chi connectivity index (χ4v) is 3.20. The van der Waals surface area contributed by atoms with E-state index in [2.05, 4.69) is 18.9 Å². The van der Waals surface area contributed by atoms with Gasteiger partial charge in [-0.3, -0.25) is 0 Å². The van der Waals surface area contributed by atoms with E-state index in [-0.39, 0.29) is 6.10 Å². The quantitative estimate of drug-likeness (QED) is 0.875. The molecule has 1 atom stereocenters. The van der Waals surface area contributed by atoms with Crippen molar-refractivity contribution in [3.8, 4) is 0 Å². The summed E-state index contributed by atoms with van der Waals surface area (Å²) in [6.07, 6.45) is 6.24. The summed E-state index contributed by atoms with van der Waals surface area (Å²) in [5.41, 5.74) is 1.02. The molecule has 0 unspecified atom stereocenters. The molecule has 0 aliphatic heterocycles. The zero-order chi connectivity index (χ0) is 13.7. The first-order valence-electron chi connectivity index (χ1n) is 7.64. The molecule has 1 fully saturated rings. The minimum Gasteiger partial charge on any atom is -0.387 e. The van der Waals surface area contributed by atoms with Crippen LogP contribution in [0.25, 0.3) is 0 Å². The van der Waals surface area contributed by atoms with Gasteiger partial charge in [0.05, 0.1) is 6.10 Å². The van der Waals surface area contributed by atoms with Crippen LogP contribution >= 0.6 is 0 Å². The molecule has 0 bridgehead atoms. The van der Waals surface area contributed by atoms with Gasteiger partial charge < -0.3 is 10.0 Å². The van der Waals surface area contributed by atoms with E-state index in [1.54, 1.807) is 0 Å². The molecular formula is C17H27NO. The summed E-state index contributed by atoms with van der Waals surface area (Å²) >= 11 is 0. The first-order chi connectivity index (χ1) is 9.20. The SMILES string of the molecule is CCC1CCC(N(C)C[C@H](O)c2ccccc2)CC1. The Bertz CT molecular complexity index is 357. The molecule has 1 saturated carbocycles. The first-order valence-corrected chi connectivity index (χ1v) is 7.64. The molecule has 1 aromatic carbocycles. The van der Waals surface area contributed by atoms with Crippen molar-refractivity contribution >= 4 is 0 Å². The van der Waals surface area contributed by atoms with Gasteiger partial charge in [0.25, 0.3) is 0 Å². The van der Waals surface area contributed by atoms with Crippen LogP contribution in [-0.4, -0.2) is 29.6 Å². The number of aliphatic hydroxyl groups is 1. The Labute approximate surface area is 117 Å². The number of likely N-dealkylation sites (N-methyl/N-ethyl adjacent to an activating group) is 1. The molecule has 1 N–H and O–H groups in total. The first kappa shape index (κ1) is 14.5. The molecule has 0 amide bonds. The van der Waals surface area contributed by atoms with Crippen LogP contribution in [0.1, 0.15) is 50.7 Å². The lowest BCUT2D eigenvalue weighted by atomic mass is 9.84. The van der Waals surface area contributed by atoms with Crippen LogP contribution in [0, 0.1) is 5.92 Å². The van der Waals surface area contributed by atoms with Gasteiger partial charge in [-0.2, -0.15) is 0 Å². The van der Waals surface area contributed by atoms with Gasteiger partial charge in [-0.05, 0) is 44.2 Å². The number of aliphatic hydroxyl groups excluding tert-OH is 1. The van der Waals surface area contributed by atoms with E-state index in [4.69, 9.17) is 0 Å². The largest absolute Gasteiger partial charge is 0.387 e. The fraction of sp³-hybridized carbons (Fsp3) is 0.647. The van der Waals surface area contributed by atoms with E-state index < -0.39 is 0 Å². The molecule has 106 valence electrons. The van der Waals surface area contributed by atoms with Crippen LogP contribution in [0.2, 0.25) is 0 Å². The molecule has 1 aliphatic rings. The molecule has 19 heavy (non-hydrogen) atoms. The summed E-state index contributed by atoms with van der Waals surface area (Å²) in [6.45, 7) is 3.04. The Morgan fingerprint density at radius 2 is 1.79 bits per heavy atom. The third-order valence-electron chi connectivity index (χ3n) is 4.66. The summed E-state index contributed by atoms with van der Waals surface area (Å²) in [6, 6.07) is 10.6. The van der Waals surface area contributed by atoms with Crippen LogP contribution in [0.3, 0.4) is 0 Å². The zero-order valence-corrected chi connectivity index (χ0v) is 12.3. The summed E-state index contributed by atoms with van der Waals surface area (Å²) in [5, 5.41) is 10.3. The van der Waals surface area contributed by atoms with Crippen molar-refractivity contribution in [2.75, 3.05) is 13.6 Å². The van der Waals surface area contributed by atoms with Crippen molar-refractivity contribution in [3.05, 3.63) is 35.9 Å². The van der Waals surface area contributed by atoms with Crippen LogP contribution in [0.4, 0.5) is 0 Å². The Morgan fingerprint density at radius 3 is 2.37 bits per heavy atom. The van der Waals surface area contributed by atoms with Gasteiger partial charge in [-0.1, -0.05) is 43.7 Å². The van der Waals surface area contributed by atoms with Crippen LogP contribution in [-0.2, 0) is 0 Å². The smallest absolute Gasteiger partial charge is 0.0916 e.